The Hall–Kier alpha value is -2.09. The number of benzene rings is 1. The first kappa shape index (κ1) is 15.3. The number of hydrogen-bond acceptors (Lipinski definition) is 5. The summed E-state index contributed by atoms with van der Waals surface area (Å²) in [6.45, 7) is 1.71. The van der Waals surface area contributed by atoms with Gasteiger partial charge in [-0.15, -0.1) is 10.2 Å². The van der Waals surface area contributed by atoms with Gasteiger partial charge in [-0.2, -0.15) is 13.2 Å². The molecule has 0 aliphatic rings. The molecule has 0 atom stereocenters. The lowest BCUT2D eigenvalue weighted by Crippen LogP contribution is -2.12. The second kappa shape index (κ2) is 6.13. The third kappa shape index (κ3) is 3.94. The van der Waals surface area contributed by atoms with Gasteiger partial charge in [0.1, 0.15) is 5.75 Å². The maximum absolute atomic E-state index is 13.0. The monoisotopic (exact) mass is 301 g/mol. The van der Waals surface area contributed by atoms with E-state index in [2.05, 4.69) is 15.5 Å². The van der Waals surface area contributed by atoms with E-state index in [4.69, 9.17) is 9.15 Å². The Morgan fingerprint density at radius 1 is 1.29 bits per heavy atom. The van der Waals surface area contributed by atoms with Gasteiger partial charge in [-0.25, -0.2) is 0 Å². The number of nitrogens with zero attached hydrogens (tertiary/aromatic N) is 2. The summed E-state index contributed by atoms with van der Waals surface area (Å²) in [5.74, 6) is 0.187. The molecule has 0 fully saturated rings. The molecular weight excluding hydrogens is 287 g/mol. The lowest BCUT2D eigenvalue weighted by Gasteiger charge is -2.14. The van der Waals surface area contributed by atoms with Gasteiger partial charge in [-0.05, 0) is 24.7 Å². The fraction of sp³-hybridized carbons (Fsp3) is 0.385. The van der Waals surface area contributed by atoms with Crippen LogP contribution in [0.3, 0.4) is 0 Å². The van der Waals surface area contributed by atoms with Crippen LogP contribution in [0.2, 0.25) is 0 Å². The zero-order chi connectivity index (χ0) is 15.5. The minimum absolute atomic E-state index is 0.125. The predicted molar refractivity (Wildman–Crippen MR) is 67.6 cm³/mol. The molecule has 0 amide bonds. The fourth-order valence-electron chi connectivity index (χ4n) is 1.77. The number of hydrogen-bond donors (Lipinski definition) is 1. The van der Waals surface area contributed by atoms with Gasteiger partial charge in [0.25, 0.3) is 5.89 Å². The predicted octanol–water partition coefficient (Wildman–Crippen LogP) is 2.70. The van der Waals surface area contributed by atoms with Crippen molar-refractivity contribution >= 4 is 0 Å². The van der Waals surface area contributed by atoms with Crippen LogP contribution in [0.1, 0.15) is 22.9 Å². The van der Waals surface area contributed by atoms with Crippen LogP contribution in [0, 0.1) is 6.92 Å². The maximum atomic E-state index is 13.0. The summed E-state index contributed by atoms with van der Waals surface area (Å²) in [7, 11) is 1.66. The molecule has 0 saturated carbocycles. The average molecular weight is 301 g/mol. The van der Waals surface area contributed by atoms with Crippen molar-refractivity contribution in [2.24, 2.45) is 0 Å². The van der Waals surface area contributed by atoms with Crippen molar-refractivity contribution in [3.05, 3.63) is 41.1 Å². The lowest BCUT2D eigenvalue weighted by atomic mass is 10.1. The summed E-state index contributed by atoms with van der Waals surface area (Å²) in [6.07, 6.45) is -4.50. The Morgan fingerprint density at radius 3 is 2.62 bits per heavy atom. The smallest absolute Gasteiger partial charge is 0.419 e. The number of aryl methyl sites for hydroxylation is 1. The van der Waals surface area contributed by atoms with E-state index in [-0.39, 0.29) is 18.2 Å². The van der Waals surface area contributed by atoms with Crippen molar-refractivity contribution in [1.29, 1.82) is 0 Å². The van der Waals surface area contributed by atoms with Gasteiger partial charge < -0.3 is 14.5 Å². The Bertz CT molecular complexity index is 611. The standard InChI is InChI=1S/C13H14F3N3O2/c1-8-18-19-12(21-8)7-20-11-4-3-9(6-17-2)5-10(11)13(14,15)16/h3-5,17H,6-7H2,1-2H3. The molecule has 2 aromatic rings. The molecule has 0 saturated heterocycles. The van der Waals surface area contributed by atoms with Crippen LogP contribution < -0.4 is 10.1 Å². The molecular formula is C13H14F3N3O2. The Kier molecular flexibility index (Phi) is 4.46. The number of alkyl halides is 3. The van der Waals surface area contributed by atoms with E-state index in [9.17, 15) is 13.2 Å². The van der Waals surface area contributed by atoms with Crippen LogP contribution in [0.4, 0.5) is 13.2 Å². The van der Waals surface area contributed by atoms with Gasteiger partial charge in [-0.1, -0.05) is 6.07 Å². The fourth-order valence-corrected chi connectivity index (χ4v) is 1.77. The second-order valence-electron chi connectivity index (χ2n) is 4.36. The van der Waals surface area contributed by atoms with E-state index in [0.29, 0.717) is 18.0 Å². The van der Waals surface area contributed by atoms with Crippen LogP contribution in [0.15, 0.2) is 22.6 Å². The zero-order valence-corrected chi connectivity index (χ0v) is 11.5. The van der Waals surface area contributed by atoms with Crippen molar-refractivity contribution in [2.45, 2.75) is 26.3 Å². The molecule has 8 heteroatoms. The Morgan fingerprint density at radius 2 is 2.05 bits per heavy atom. The van der Waals surface area contributed by atoms with Crippen molar-refractivity contribution in [2.75, 3.05) is 7.05 Å². The van der Waals surface area contributed by atoms with Gasteiger partial charge in [0.05, 0.1) is 5.56 Å². The molecule has 5 nitrogen and oxygen atoms in total. The molecule has 0 aliphatic carbocycles. The van der Waals surface area contributed by atoms with Crippen LogP contribution in [-0.4, -0.2) is 17.2 Å². The molecule has 0 spiro atoms. The summed E-state index contributed by atoms with van der Waals surface area (Å²) < 4.78 is 49.4. The topological polar surface area (TPSA) is 60.2 Å². The number of rotatable bonds is 5. The highest BCUT2D eigenvalue weighted by Gasteiger charge is 2.34. The molecule has 2 rings (SSSR count). The molecule has 0 aliphatic heterocycles. The minimum atomic E-state index is -4.50. The minimum Gasteiger partial charge on any atom is -0.483 e. The molecule has 1 heterocycles. The first-order valence-electron chi connectivity index (χ1n) is 6.16. The molecule has 0 radical (unpaired) electrons. The number of nitrogens with one attached hydrogen (secondary N) is 1. The van der Waals surface area contributed by atoms with E-state index >= 15 is 0 Å². The summed E-state index contributed by atoms with van der Waals surface area (Å²) >= 11 is 0. The quantitative estimate of drug-likeness (QED) is 0.920. The highest BCUT2D eigenvalue weighted by Crippen LogP contribution is 2.37. The van der Waals surface area contributed by atoms with Crippen LogP contribution in [0.5, 0.6) is 5.75 Å². The largest absolute Gasteiger partial charge is 0.483 e. The van der Waals surface area contributed by atoms with Crippen molar-refractivity contribution < 1.29 is 22.3 Å². The number of halogens is 3. The summed E-state index contributed by atoms with van der Waals surface area (Å²) in [5, 5.41) is 10.0. The third-order valence-electron chi connectivity index (χ3n) is 2.65. The first-order chi connectivity index (χ1) is 9.90. The maximum Gasteiger partial charge on any atom is 0.419 e. The molecule has 1 aromatic carbocycles. The molecule has 1 aromatic heterocycles. The van der Waals surface area contributed by atoms with Crippen LogP contribution in [0.25, 0.3) is 0 Å². The molecule has 21 heavy (non-hydrogen) atoms. The normalized spacial score (nSPS) is 11.7. The van der Waals surface area contributed by atoms with E-state index in [1.54, 1.807) is 20.0 Å². The third-order valence-corrected chi connectivity index (χ3v) is 2.65. The van der Waals surface area contributed by atoms with Gasteiger partial charge in [0, 0.05) is 13.5 Å². The van der Waals surface area contributed by atoms with Crippen LogP contribution >= 0.6 is 0 Å². The summed E-state index contributed by atoms with van der Waals surface area (Å²) in [5.41, 5.74) is -0.308. The van der Waals surface area contributed by atoms with Gasteiger partial charge in [-0.3, -0.25) is 0 Å². The zero-order valence-electron chi connectivity index (χ0n) is 11.5. The van der Waals surface area contributed by atoms with E-state index in [1.807, 2.05) is 0 Å². The van der Waals surface area contributed by atoms with Gasteiger partial charge in [0.15, 0.2) is 6.61 Å². The Labute approximate surface area is 119 Å². The molecule has 0 unspecified atom stereocenters. The van der Waals surface area contributed by atoms with Crippen LogP contribution in [-0.2, 0) is 19.3 Å². The lowest BCUT2D eigenvalue weighted by molar-refractivity contribution is -0.139. The van der Waals surface area contributed by atoms with Gasteiger partial charge >= 0.3 is 6.18 Å². The first-order valence-corrected chi connectivity index (χ1v) is 6.16. The SMILES string of the molecule is CNCc1ccc(OCc2nnc(C)o2)c(C(F)(F)F)c1. The van der Waals surface area contributed by atoms with E-state index in [1.165, 1.54) is 6.07 Å². The molecule has 1 N–H and O–H groups in total. The Balaban J connectivity index is 2.21. The van der Waals surface area contributed by atoms with Crippen molar-refractivity contribution in [1.82, 2.24) is 15.5 Å². The molecule has 114 valence electrons. The summed E-state index contributed by atoms with van der Waals surface area (Å²) in [6, 6.07) is 3.92. The molecule has 0 bridgehead atoms. The van der Waals surface area contributed by atoms with Crippen molar-refractivity contribution in [3.63, 3.8) is 0 Å². The second-order valence-corrected chi connectivity index (χ2v) is 4.36. The highest BCUT2D eigenvalue weighted by molar-refractivity contribution is 5.39. The van der Waals surface area contributed by atoms with Crippen molar-refractivity contribution in [3.8, 4) is 5.75 Å². The van der Waals surface area contributed by atoms with E-state index in [0.717, 1.165) is 6.07 Å². The average Bonchev–Trinajstić information content (AvgIpc) is 2.82. The number of aromatic nitrogens is 2. The highest BCUT2D eigenvalue weighted by atomic mass is 19.4. The summed E-state index contributed by atoms with van der Waals surface area (Å²) in [4.78, 5) is 0. The van der Waals surface area contributed by atoms with Gasteiger partial charge in [0.2, 0.25) is 5.89 Å². The van der Waals surface area contributed by atoms with E-state index < -0.39 is 11.7 Å². The number of ether oxygens (including phenoxy) is 1.